The second-order valence-electron chi connectivity index (χ2n) is 7.05. The van der Waals surface area contributed by atoms with Gasteiger partial charge >= 0.3 is 0 Å². The minimum atomic E-state index is -1.69. The molecule has 0 aliphatic rings. The van der Waals surface area contributed by atoms with Gasteiger partial charge in [0, 0.05) is 6.10 Å². The van der Waals surface area contributed by atoms with Crippen LogP contribution < -0.4 is 0 Å². The van der Waals surface area contributed by atoms with E-state index in [9.17, 15) is 0 Å². The van der Waals surface area contributed by atoms with Crippen molar-refractivity contribution in [2.45, 2.75) is 64.3 Å². The molecule has 0 heterocycles. The summed E-state index contributed by atoms with van der Waals surface area (Å²) in [6, 6.07) is 10.7. The quantitative estimate of drug-likeness (QED) is 0.470. The summed E-state index contributed by atoms with van der Waals surface area (Å²) in [5.74, 6) is 0. The highest BCUT2D eigenvalue weighted by Gasteiger charge is 2.38. The smallest absolute Gasteiger partial charge is 0.192 e. The van der Waals surface area contributed by atoms with Gasteiger partial charge in [0.25, 0.3) is 0 Å². The lowest BCUT2D eigenvalue weighted by Crippen LogP contribution is -2.44. The molecule has 1 unspecified atom stereocenters. The highest BCUT2D eigenvalue weighted by molar-refractivity contribution is 6.74. The van der Waals surface area contributed by atoms with Crippen LogP contribution >= 0.6 is 0 Å². The second kappa shape index (κ2) is 7.23. The van der Waals surface area contributed by atoms with Gasteiger partial charge in [-0.25, -0.2) is 0 Å². The maximum atomic E-state index is 6.53. The van der Waals surface area contributed by atoms with E-state index in [2.05, 4.69) is 70.8 Å². The molecule has 1 atom stereocenters. The fraction of sp³-hybridized carbons (Fsp3) is 0.556. The van der Waals surface area contributed by atoms with E-state index in [0.717, 1.165) is 19.3 Å². The van der Waals surface area contributed by atoms with Crippen LogP contribution in [0.2, 0.25) is 18.1 Å². The number of hydrogen-bond donors (Lipinski definition) is 0. The van der Waals surface area contributed by atoms with Gasteiger partial charge in [-0.15, -0.1) is 6.58 Å². The number of rotatable bonds is 7. The van der Waals surface area contributed by atoms with Gasteiger partial charge in [-0.05, 0) is 43.0 Å². The first-order valence-electron chi connectivity index (χ1n) is 7.59. The molecule has 0 aliphatic carbocycles. The van der Waals surface area contributed by atoms with Gasteiger partial charge in [0.15, 0.2) is 8.32 Å². The van der Waals surface area contributed by atoms with Gasteiger partial charge in [0.2, 0.25) is 0 Å². The van der Waals surface area contributed by atoms with E-state index >= 15 is 0 Å². The largest absolute Gasteiger partial charge is 0.414 e. The lowest BCUT2D eigenvalue weighted by molar-refractivity contribution is 0.174. The molecule has 0 aliphatic heterocycles. The van der Waals surface area contributed by atoms with Crippen molar-refractivity contribution in [1.29, 1.82) is 0 Å². The Hall–Kier alpha value is -0.863. The molecule has 1 nitrogen and oxygen atoms in total. The van der Waals surface area contributed by atoms with Crippen molar-refractivity contribution in [1.82, 2.24) is 0 Å². The van der Waals surface area contributed by atoms with E-state index in [1.54, 1.807) is 0 Å². The lowest BCUT2D eigenvalue weighted by atomic mass is 10.1. The minimum absolute atomic E-state index is 0.263. The van der Waals surface area contributed by atoms with Crippen molar-refractivity contribution in [3.05, 3.63) is 48.6 Å². The van der Waals surface area contributed by atoms with E-state index in [1.807, 2.05) is 6.08 Å². The molecule has 1 rings (SSSR count). The Kier molecular flexibility index (Phi) is 6.22. The summed E-state index contributed by atoms with van der Waals surface area (Å²) in [5.41, 5.74) is 1.39. The molecule has 0 amide bonds. The van der Waals surface area contributed by atoms with Crippen molar-refractivity contribution in [3.63, 3.8) is 0 Å². The highest BCUT2D eigenvalue weighted by Crippen LogP contribution is 2.38. The van der Waals surface area contributed by atoms with E-state index in [1.165, 1.54) is 5.56 Å². The van der Waals surface area contributed by atoms with Crippen molar-refractivity contribution in [2.24, 2.45) is 0 Å². The number of hydrogen-bond acceptors (Lipinski definition) is 1. The Morgan fingerprint density at radius 2 is 1.80 bits per heavy atom. The fourth-order valence-corrected chi connectivity index (χ4v) is 3.38. The van der Waals surface area contributed by atoms with Crippen LogP contribution in [-0.4, -0.2) is 14.4 Å². The Balaban J connectivity index is 2.63. The maximum Gasteiger partial charge on any atom is 0.192 e. The van der Waals surface area contributed by atoms with Crippen LogP contribution in [0.4, 0.5) is 0 Å². The van der Waals surface area contributed by atoms with Gasteiger partial charge in [-0.1, -0.05) is 57.2 Å². The van der Waals surface area contributed by atoms with Crippen LogP contribution in [0.15, 0.2) is 43.0 Å². The standard InChI is InChI=1S/C18H30OSi/c1-7-11-17(19-20(5,6)18(2,3)4)15-14-16-12-9-8-10-13-16/h7-10,12-13,17H,1,11,14-15H2,2-6H3. The maximum absolute atomic E-state index is 6.53. The fourth-order valence-electron chi connectivity index (χ4n) is 1.98. The predicted octanol–water partition coefficient (Wildman–Crippen LogP) is 5.59. The highest BCUT2D eigenvalue weighted by atomic mass is 28.4. The molecule has 0 saturated carbocycles. The Bertz CT molecular complexity index is 403. The van der Waals surface area contributed by atoms with Crippen LogP contribution in [0.25, 0.3) is 0 Å². The molecule has 1 aromatic rings. The molecule has 1 aromatic carbocycles. The van der Waals surface area contributed by atoms with Gasteiger partial charge < -0.3 is 4.43 Å². The number of aryl methyl sites for hydroxylation is 1. The lowest BCUT2D eigenvalue weighted by Gasteiger charge is -2.39. The minimum Gasteiger partial charge on any atom is -0.414 e. The van der Waals surface area contributed by atoms with Crippen molar-refractivity contribution >= 4 is 8.32 Å². The summed E-state index contributed by atoms with van der Waals surface area (Å²) in [5, 5.41) is 0.263. The molecule has 0 fully saturated rings. The van der Waals surface area contributed by atoms with Crippen LogP contribution in [-0.2, 0) is 10.8 Å². The SMILES string of the molecule is C=CCC(CCc1ccccc1)O[Si](C)(C)C(C)(C)C. The van der Waals surface area contributed by atoms with Gasteiger partial charge in [-0.2, -0.15) is 0 Å². The molecule has 0 N–H and O–H groups in total. The number of benzene rings is 1. The van der Waals surface area contributed by atoms with E-state index < -0.39 is 8.32 Å². The predicted molar refractivity (Wildman–Crippen MR) is 91.6 cm³/mol. The summed E-state index contributed by atoms with van der Waals surface area (Å²) >= 11 is 0. The van der Waals surface area contributed by atoms with Crippen LogP contribution in [0.5, 0.6) is 0 Å². The molecule has 0 spiro atoms. The second-order valence-corrected chi connectivity index (χ2v) is 11.8. The molecule has 112 valence electrons. The summed E-state index contributed by atoms with van der Waals surface area (Å²) < 4.78 is 6.53. The van der Waals surface area contributed by atoms with Gasteiger partial charge in [0.1, 0.15) is 0 Å². The first-order valence-corrected chi connectivity index (χ1v) is 10.5. The molecule has 20 heavy (non-hydrogen) atoms. The zero-order valence-electron chi connectivity index (χ0n) is 13.8. The van der Waals surface area contributed by atoms with Gasteiger partial charge in [0.05, 0.1) is 0 Å². The molecule has 2 heteroatoms. The third kappa shape index (κ3) is 5.26. The Labute approximate surface area is 126 Å². The third-order valence-electron chi connectivity index (χ3n) is 4.29. The van der Waals surface area contributed by atoms with Gasteiger partial charge in [-0.3, -0.25) is 0 Å². The molecular weight excluding hydrogens is 260 g/mol. The normalized spacial score (nSPS) is 14.1. The Morgan fingerprint density at radius 1 is 1.20 bits per heavy atom. The van der Waals surface area contributed by atoms with Crippen LogP contribution in [0, 0.1) is 0 Å². The Morgan fingerprint density at radius 3 is 2.30 bits per heavy atom. The average Bonchev–Trinajstić information content (AvgIpc) is 2.36. The van der Waals surface area contributed by atoms with Crippen LogP contribution in [0.1, 0.15) is 39.2 Å². The molecular formula is C18H30OSi. The van der Waals surface area contributed by atoms with Crippen molar-refractivity contribution < 1.29 is 4.43 Å². The monoisotopic (exact) mass is 290 g/mol. The first kappa shape index (κ1) is 17.2. The first-order chi connectivity index (χ1) is 9.26. The summed E-state index contributed by atoms with van der Waals surface area (Å²) in [6.07, 6.45) is 5.38. The summed E-state index contributed by atoms with van der Waals surface area (Å²) in [7, 11) is -1.69. The molecule has 0 bridgehead atoms. The van der Waals surface area contributed by atoms with Crippen molar-refractivity contribution in [3.8, 4) is 0 Å². The summed E-state index contributed by atoms with van der Waals surface area (Å²) in [4.78, 5) is 0. The average molecular weight is 291 g/mol. The van der Waals surface area contributed by atoms with E-state index in [0.29, 0.717) is 6.10 Å². The zero-order chi connectivity index (χ0) is 15.2. The van der Waals surface area contributed by atoms with Crippen LogP contribution in [0.3, 0.4) is 0 Å². The molecule has 0 saturated heterocycles. The topological polar surface area (TPSA) is 9.23 Å². The van der Waals surface area contributed by atoms with E-state index in [4.69, 9.17) is 4.43 Å². The van der Waals surface area contributed by atoms with E-state index in [-0.39, 0.29) is 5.04 Å². The molecule has 0 aromatic heterocycles. The third-order valence-corrected chi connectivity index (χ3v) is 8.83. The van der Waals surface area contributed by atoms with Crippen molar-refractivity contribution in [2.75, 3.05) is 0 Å². The zero-order valence-corrected chi connectivity index (χ0v) is 14.8. The molecule has 0 radical (unpaired) electrons. The summed E-state index contributed by atoms with van der Waals surface area (Å²) in [6.45, 7) is 15.4.